The second-order valence-electron chi connectivity index (χ2n) is 6.45. The number of carbonyl (C=O) groups is 3. The normalized spacial score (nSPS) is 15.9. The van der Waals surface area contributed by atoms with Crippen molar-refractivity contribution in [2.24, 2.45) is 0 Å². The molecule has 1 aliphatic rings. The number of rotatable bonds is 7. The van der Waals surface area contributed by atoms with Crippen LogP contribution >= 0.6 is 24.0 Å². The first kappa shape index (κ1) is 22.3. The Morgan fingerprint density at radius 3 is 2.42 bits per heavy atom. The minimum absolute atomic E-state index is 0.242. The van der Waals surface area contributed by atoms with Crippen molar-refractivity contribution in [1.82, 2.24) is 0 Å². The molecule has 1 amide bonds. The van der Waals surface area contributed by atoms with E-state index < -0.39 is 29.7 Å². The summed E-state index contributed by atoms with van der Waals surface area (Å²) in [6.45, 7) is 1.71. The zero-order valence-electron chi connectivity index (χ0n) is 16.1. The number of carboxylic acid groups (broad SMARTS) is 2. The predicted molar refractivity (Wildman–Crippen MR) is 120 cm³/mol. The van der Waals surface area contributed by atoms with E-state index in [1.165, 1.54) is 23.1 Å². The number of anilines is 1. The van der Waals surface area contributed by atoms with Crippen molar-refractivity contribution in [3.63, 3.8) is 0 Å². The fourth-order valence-electron chi connectivity index (χ4n) is 2.80. The molecular formula is C21H17NO7S2. The summed E-state index contributed by atoms with van der Waals surface area (Å²) in [6.07, 6.45) is 1.01. The van der Waals surface area contributed by atoms with Crippen LogP contribution in [0.2, 0.25) is 0 Å². The number of hydrogen-bond acceptors (Lipinski definition) is 7. The Bertz CT molecular complexity index is 1100. The fourth-order valence-corrected chi connectivity index (χ4v) is 4.10. The van der Waals surface area contributed by atoms with E-state index in [0.29, 0.717) is 22.6 Å². The summed E-state index contributed by atoms with van der Waals surface area (Å²) in [4.78, 5) is 36.5. The van der Waals surface area contributed by atoms with Crippen molar-refractivity contribution in [3.05, 3.63) is 58.5 Å². The number of ether oxygens (including phenoxy) is 1. The van der Waals surface area contributed by atoms with Gasteiger partial charge in [0, 0.05) is 6.07 Å². The van der Waals surface area contributed by atoms with Crippen LogP contribution in [-0.2, 0) is 9.59 Å². The van der Waals surface area contributed by atoms with E-state index in [0.717, 1.165) is 11.8 Å². The zero-order valence-corrected chi connectivity index (χ0v) is 17.8. The van der Waals surface area contributed by atoms with Gasteiger partial charge in [-0.2, -0.15) is 0 Å². The van der Waals surface area contributed by atoms with Gasteiger partial charge in [-0.3, -0.25) is 9.69 Å². The summed E-state index contributed by atoms with van der Waals surface area (Å²) < 4.78 is 5.66. The van der Waals surface area contributed by atoms with Gasteiger partial charge < -0.3 is 20.1 Å². The first-order valence-electron chi connectivity index (χ1n) is 9.05. The SMILES string of the molecule is CCC(Oc1ccc(/C=C2\SC(=S)N(c3ccc(C(=O)O)c(O)c3)C2=O)cc1)C(=O)O. The van der Waals surface area contributed by atoms with Crippen LogP contribution in [0.15, 0.2) is 47.4 Å². The lowest BCUT2D eigenvalue weighted by Crippen LogP contribution is -2.27. The lowest BCUT2D eigenvalue weighted by atomic mass is 10.1. The number of carboxylic acids is 2. The molecule has 1 heterocycles. The summed E-state index contributed by atoms with van der Waals surface area (Å²) in [5.41, 5.74) is 0.664. The molecule has 8 nitrogen and oxygen atoms in total. The average Bonchev–Trinajstić information content (AvgIpc) is 2.99. The maximum Gasteiger partial charge on any atom is 0.344 e. The highest BCUT2D eigenvalue weighted by Gasteiger charge is 2.33. The Morgan fingerprint density at radius 2 is 1.87 bits per heavy atom. The third-order valence-electron chi connectivity index (χ3n) is 4.37. The van der Waals surface area contributed by atoms with E-state index in [9.17, 15) is 19.5 Å². The van der Waals surface area contributed by atoms with Gasteiger partial charge in [0.05, 0.1) is 10.6 Å². The van der Waals surface area contributed by atoms with Gasteiger partial charge in [0.2, 0.25) is 0 Å². The van der Waals surface area contributed by atoms with E-state index in [1.54, 1.807) is 37.3 Å². The van der Waals surface area contributed by atoms with E-state index in [2.05, 4.69) is 0 Å². The molecule has 160 valence electrons. The Kier molecular flexibility index (Phi) is 6.62. The highest BCUT2D eigenvalue weighted by molar-refractivity contribution is 8.27. The summed E-state index contributed by atoms with van der Waals surface area (Å²) in [6, 6.07) is 10.4. The summed E-state index contributed by atoms with van der Waals surface area (Å²) >= 11 is 6.35. The number of amides is 1. The average molecular weight is 460 g/mol. The molecule has 1 atom stereocenters. The standard InChI is InChI=1S/C21H17NO7S2/c1-2-16(20(27)28)29-13-6-3-11(4-7-13)9-17-18(24)22(21(30)31-17)12-5-8-14(19(25)26)15(23)10-12/h3-10,16,23H,2H2,1H3,(H,25,26)(H,27,28)/b17-9-. The smallest absolute Gasteiger partial charge is 0.344 e. The number of aromatic carboxylic acids is 1. The quantitative estimate of drug-likeness (QED) is 0.419. The van der Waals surface area contributed by atoms with Gasteiger partial charge in [0.15, 0.2) is 10.4 Å². The number of phenols is 1. The number of hydrogen-bond donors (Lipinski definition) is 3. The molecule has 0 spiro atoms. The van der Waals surface area contributed by atoms with Gasteiger partial charge in [-0.15, -0.1) is 0 Å². The maximum atomic E-state index is 12.8. The van der Waals surface area contributed by atoms with Crippen molar-refractivity contribution in [2.45, 2.75) is 19.4 Å². The summed E-state index contributed by atoms with van der Waals surface area (Å²) in [7, 11) is 0. The van der Waals surface area contributed by atoms with Crippen molar-refractivity contribution < 1.29 is 34.4 Å². The molecular weight excluding hydrogens is 442 g/mol. The Labute approximate surface area is 186 Å². The van der Waals surface area contributed by atoms with Crippen molar-refractivity contribution in [1.29, 1.82) is 0 Å². The van der Waals surface area contributed by atoms with Gasteiger partial charge in [-0.1, -0.05) is 43.0 Å². The number of carbonyl (C=O) groups excluding carboxylic acids is 1. The van der Waals surface area contributed by atoms with Crippen molar-refractivity contribution >= 4 is 57.9 Å². The van der Waals surface area contributed by atoms with Crippen LogP contribution in [0.4, 0.5) is 5.69 Å². The number of benzene rings is 2. The van der Waals surface area contributed by atoms with Crippen LogP contribution in [0.5, 0.6) is 11.5 Å². The first-order chi connectivity index (χ1) is 14.7. The first-order valence-corrected chi connectivity index (χ1v) is 10.3. The molecule has 1 saturated heterocycles. The van der Waals surface area contributed by atoms with Crippen LogP contribution in [0.25, 0.3) is 6.08 Å². The molecule has 1 aliphatic heterocycles. The Hall–Kier alpha value is -3.37. The van der Waals surface area contributed by atoms with Crippen LogP contribution in [0.1, 0.15) is 29.3 Å². The van der Waals surface area contributed by atoms with Crippen LogP contribution < -0.4 is 9.64 Å². The second-order valence-corrected chi connectivity index (χ2v) is 8.12. The molecule has 3 rings (SSSR count). The number of thioether (sulfide) groups is 1. The topological polar surface area (TPSA) is 124 Å². The third kappa shape index (κ3) is 4.86. The molecule has 2 aromatic rings. The molecule has 31 heavy (non-hydrogen) atoms. The van der Waals surface area contributed by atoms with E-state index in [-0.39, 0.29) is 15.6 Å². The monoisotopic (exact) mass is 459 g/mol. The summed E-state index contributed by atoms with van der Waals surface area (Å²) in [5.74, 6) is -2.80. The van der Waals surface area contributed by atoms with Gasteiger partial charge in [-0.25, -0.2) is 9.59 Å². The lowest BCUT2D eigenvalue weighted by Gasteiger charge is -2.15. The van der Waals surface area contributed by atoms with Gasteiger partial charge in [-0.05, 0) is 42.3 Å². The third-order valence-corrected chi connectivity index (χ3v) is 5.67. The molecule has 0 radical (unpaired) electrons. The van der Waals surface area contributed by atoms with Crippen LogP contribution in [-0.4, -0.2) is 43.6 Å². The zero-order chi connectivity index (χ0) is 22.7. The highest BCUT2D eigenvalue weighted by Crippen LogP contribution is 2.37. The van der Waals surface area contributed by atoms with Crippen LogP contribution in [0.3, 0.4) is 0 Å². The van der Waals surface area contributed by atoms with Gasteiger partial charge >= 0.3 is 11.9 Å². The predicted octanol–water partition coefficient (Wildman–Crippen LogP) is 3.74. The van der Waals surface area contributed by atoms with E-state index >= 15 is 0 Å². The maximum absolute atomic E-state index is 12.8. The highest BCUT2D eigenvalue weighted by atomic mass is 32.2. The molecule has 0 saturated carbocycles. The molecule has 10 heteroatoms. The van der Waals surface area contributed by atoms with Gasteiger partial charge in [0.25, 0.3) is 5.91 Å². The van der Waals surface area contributed by atoms with Crippen molar-refractivity contribution in [3.8, 4) is 11.5 Å². The van der Waals surface area contributed by atoms with E-state index in [1.807, 2.05) is 0 Å². The fraction of sp³-hybridized carbons (Fsp3) is 0.143. The number of aliphatic carboxylic acids is 1. The largest absolute Gasteiger partial charge is 0.507 e. The molecule has 0 aliphatic carbocycles. The summed E-state index contributed by atoms with van der Waals surface area (Å²) in [5, 5.41) is 28.0. The molecule has 0 aromatic heterocycles. The van der Waals surface area contributed by atoms with Crippen molar-refractivity contribution in [2.75, 3.05) is 4.90 Å². The molecule has 0 bridgehead atoms. The van der Waals surface area contributed by atoms with Gasteiger partial charge in [0.1, 0.15) is 17.1 Å². The number of thiocarbonyl (C=S) groups is 1. The molecule has 3 N–H and O–H groups in total. The minimum atomic E-state index is -1.28. The molecule has 1 unspecified atom stereocenters. The van der Waals surface area contributed by atoms with E-state index in [4.69, 9.17) is 27.2 Å². The molecule has 2 aromatic carbocycles. The minimum Gasteiger partial charge on any atom is -0.507 e. The lowest BCUT2D eigenvalue weighted by molar-refractivity contribution is -0.145. The Morgan fingerprint density at radius 1 is 1.19 bits per heavy atom. The Balaban J connectivity index is 1.79. The van der Waals surface area contributed by atoms with Crippen LogP contribution in [0, 0.1) is 0 Å². The molecule has 1 fully saturated rings. The number of nitrogens with zero attached hydrogens (tertiary/aromatic N) is 1. The second kappa shape index (κ2) is 9.19. The number of aromatic hydroxyl groups is 1.